The highest BCUT2D eigenvalue weighted by atomic mass is 32.1. The summed E-state index contributed by atoms with van der Waals surface area (Å²) in [7, 11) is 0. The summed E-state index contributed by atoms with van der Waals surface area (Å²) in [5.41, 5.74) is 2.75. The third-order valence-corrected chi connectivity index (χ3v) is 4.92. The molecule has 1 aromatic carbocycles. The number of hydrogen-bond donors (Lipinski definition) is 1. The van der Waals surface area contributed by atoms with Gasteiger partial charge in [0.15, 0.2) is 0 Å². The largest absolute Gasteiger partial charge is 0.376 e. The van der Waals surface area contributed by atoms with Gasteiger partial charge in [-0.25, -0.2) is 0 Å². The van der Waals surface area contributed by atoms with Crippen molar-refractivity contribution in [3.63, 3.8) is 0 Å². The number of anilines is 1. The van der Waals surface area contributed by atoms with Crippen LogP contribution in [0.4, 0.5) is 5.69 Å². The minimum Gasteiger partial charge on any atom is -0.376 e. The predicted molar refractivity (Wildman–Crippen MR) is 98.5 cm³/mol. The molecule has 1 N–H and O–H groups in total. The molecule has 1 aliphatic rings. The lowest BCUT2D eigenvalue weighted by atomic mass is 10.2. The van der Waals surface area contributed by atoms with Gasteiger partial charge in [0.25, 0.3) is 0 Å². The maximum absolute atomic E-state index is 12.7. The van der Waals surface area contributed by atoms with Crippen LogP contribution < -0.4 is 5.32 Å². The Morgan fingerprint density at radius 3 is 2.72 bits per heavy atom. The van der Waals surface area contributed by atoms with Gasteiger partial charge in [-0.1, -0.05) is 17.7 Å². The second kappa shape index (κ2) is 8.27. The first-order valence-electron chi connectivity index (χ1n) is 8.41. The molecule has 132 valence electrons. The molecule has 0 bridgehead atoms. The Labute approximate surface area is 151 Å². The van der Waals surface area contributed by atoms with E-state index in [1.807, 2.05) is 35.9 Å². The molecule has 1 atom stereocenters. The van der Waals surface area contributed by atoms with Crippen molar-refractivity contribution < 1.29 is 14.3 Å². The summed E-state index contributed by atoms with van der Waals surface area (Å²) < 4.78 is 5.64. The molecule has 5 nitrogen and oxygen atoms in total. The van der Waals surface area contributed by atoms with Crippen molar-refractivity contribution in [2.45, 2.75) is 32.4 Å². The van der Waals surface area contributed by atoms with Crippen LogP contribution in [0, 0.1) is 6.92 Å². The standard InChI is InChI=1S/C19H22N2O3S/c1-14-4-6-16(7-5-14)20-18(22)19(23)21(11-15-8-10-25-13-15)12-17-3-2-9-24-17/h4-8,10,13,17H,2-3,9,11-12H2,1H3,(H,20,22). The van der Waals surface area contributed by atoms with Crippen molar-refractivity contribution >= 4 is 28.8 Å². The van der Waals surface area contributed by atoms with Crippen LogP contribution in [0.2, 0.25) is 0 Å². The van der Waals surface area contributed by atoms with Gasteiger partial charge >= 0.3 is 11.8 Å². The molecule has 0 aliphatic carbocycles. The summed E-state index contributed by atoms with van der Waals surface area (Å²) in [6.45, 7) is 3.56. The first-order valence-corrected chi connectivity index (χ1v) is 9.36. The van der Waals surface area contributed by atoms with Gasteiger partial charge in [-0.2, -0.15) is 11.3 Å². The van der Waals surface area contributed by atoms with Crippen molar-refractivity contribution in [3.05, 3.63) is 52.2 Å². The molecule has 0 radical (unpaired) electrons. The first kappa shape index (κ1) is 17.6. The van der Waals surface area contributed by atoms with Gasteiger partial charge in [-0.15, -0.1) is 0 Å². The fourth-order valence-corrected chi connectivity index (χ4v) is 3.48. The molecule has 3 rings (SSSR count). The van der Waals surface area contributed by atoms with Crippen molar-refractivity contribution in [1.29, 1.82) is 0 Å². The molecule has 2 amide bonds. The number of carbonyl (C=O) groups excluding carboxylic acids is 2. The van der Waals surface area contributed by atoms with Crippen molar-refractivity contribution in [3.8, 4) is 0 Å². The van der Waals surface area contributed by atoms with Gasteiger partial charge in [0.1, 0.15) is 0 Å². The number of aryl methyl sites for hydroxylation is 1. The summed E-state index contributed by atoms with van der Waals surface area (Å²) in [5, 5.41) is 6.65. The average Bonchev–Trinajstić information content (AvgIpc) is 3.29. The number of nitrogens with one attached hydrogen (secondary N) is 1. The second-order valence-electron chi connectivity index (χ2n) is 6.27. The maximum atomic E-state index is 12.7. The number of benzene rings is 1. The molecule has 6 heteroatoms. The van der Waals surface area contributed by atoms with Gasteiger partial charge in [0.2, 0.25) is 0 Å². The Morgan fingerprint density at radius 1 is 1.28 bits per heavy atom. The van der Waals surface area contributed by atoms with Crippen LogP contribution in [0.1, 0.15) is 24.0 Å². The minimum atomic E-state index is -0.614. The topological polar surface area (TPSA) is 58.6 Å². The quantitative estimate of drug-likeness (QED) is 0.835. The zero-order valence-electron chi connectivity index (χ0n) is 14.2. The molecular formula is C19H22N2O3S. The van der Waals surface area contributed by atoms with Gasteiger partial charge in [-0.3, -0.25) is 9.59 Å². The van der Waals surface area contributed by atoms with E-state index >= 15 is 0 Å². The molecule has 0 spiro atoms. The summed E-state index contributed by atoms with van der Waals surface area (Å²) in [6, 6.07) is 9.36. The van der Waals surface area contributed by atoms with E-state index in [4.69, 9.17) is 4.74 Å². The minimum absolute atomic E-state index is 0.00904. The van der Waals surface area contributed by atoms with E-state index in [1.165, 1.54) is 0 Å². The zero-order valence-corrected chi connectivity index (χ0v) is 15.1. The number of carbonyl (C=O) groups is 2. The molecule has 1 aliphatic heterocycles. The molecule has 2 aromatic rings. The molecule has 2 heterocycles. The second-order valence-corrected chi connectivity index (χ2v) is 7.05. The van der Waals surface area contributed by atoms with Crippen LogP contribution in [0.5, 0.6) is 0 Å². The van der Waals surface area contributed by atoms with Crippen LogP contribution in [0.25, 0.3) is 0 Å². The van der Waals surface area contributed by atoms with E-state index in [0.29, 0.717) is 18.8 Å². The third-order valence-electron chi connectivity index (χ3n) is 4.19. The lowest BCUT2D eigenvalue weighted by Crippen LogP contribution is -2.43. The maximum Gasteiger partial charge on any atom is 0.313 e. The molecule has 0 saturated carbocycles. The van der Waals surface area contributed by atoms with Crippen LogP contribution in [0.3, 0.4) is 0 Å². The Balaban J connectivity index is 1.67. The molecule has 1 fully saturated rings. The van der Waals surface area contributed by atoms with Crippen molar-refractivity contribution in [2.24, 2.45) is 0 Å². The summed E-state index contributed by atoms with van der Waals surface area (Å²) in [5.74, 6) is -1.14. The van der Waals surface area contributed by atoms with Gasteiger partial charge < -0.3 is 15.0 Å². The highest BCUT2D eigenvalue weighted by Crippen LogP contribution is 2.17. The smallest absolute Gasteiger partial charge is 0.313 e. The molecule has 1 aromatic heterocycles. The van der Waals surface area contributed by atoms with Crippen molar-refractivity contribution in [1.82, 2.24) is 4.90 Å². The van der Waals surface area contributed by atoms with Gasteiger partial charge in [-0.05, 0) is 54.3 Å². The fraction of sp³-hybridized carbons (Fsp3) is 0.368. The molecule has 1 unspecified atom stereocenters. The number of nitrogens with zero attached hydrogens (tertiary/aromatic N) is 1. The number of ether oxygens (including phenoxy) is 1. The zero-order chi connectivity index (χ0) is 17.6. The SMILES string of the molecule is Cc1ccc(NC(=O)C(=O)N(Cc2ccsc2)CC2CCCO2)cc1. The molecule has 25 heavy (non-hydrogen) atoms. The number of rotatable bonds is 5. The normalized spacial score (nSPS) is 16.6. The molecule has 1 saturated heterocycles. The highest BCUT2D eigenvalue weighted by molar-refractivity contribution is 7.07. The molecular weight excluding hydrogens is 336 g/mol. The van der Waals surface area contributed by atoms with Crippen LogP contribution >= 0.6 is 11.3 Å². The Bertz CT molecular complexity index is 707. The number of hydrogen-bond acceptors (Lipinski definition) is 4. The first-order chi connectivity index (χ1) is 12.1. The van der Waals surface area contributed by atoms with E-state index in [1.54, 1.807) is 28.4 Å². The Morgan fingerprint density at radius 2 is 2.08 bits per heavy atom. The highest BCUT2D eigenvalue weighted by Gasteiger charge is 2.27. The van der Waals surface area contributed by atoms with Gasteiger partial charge in [0.05, 0.1) is 6.10 Å². The van der Waals surface area contributed by atoms with E-state index < -0.39 is 11.8 Å². The van der Waals surface area contributed by atoms with Crippen LogP contribution in [-0.4, -0.2) is 36.0 Å². The van der Waals surface area contributed by atoms with E-state index in [-0.39, 0.29) is 6.10 Å². The lowest BCUT2D eigenvalue weighted by Gasteiger charge is -2.24. The van der Waals surface area contributed by atoms with E-state index in [2.05, 4.69) is 5.32 Å². The summed E-state index contributed by atoms with van der Waals surface area (Å²) >= 11 is 1.58. The van der Waals surface area contributed by atoms with E-state index in [9.17, 15) is 9.59 Å². The number of thiophene rings is 1. The van der Waals surface area contributed by atoms with E-state index in [0.717, 1.165) is 30.6 Å². The fourth-order valence-electron chi connectivity index (χ4n) is 2.82. The summed E-state index contributed by atoms with van der Waals surface area (Å²) in [6.07, 6.45) is 1.93. The Hall–Kier alpha value is -2.18. The Kier molecular flexibility index (Phi) is 5.83. The summed E-state index contributed by atoms with van der Waals surface area (Å²) in [4.78, 5) is 26.7. The van der Waals surface area contributed by atoms with Crippen molar-refractivity contribution in [2.75, 3.05) is 18.5 Å². The van der Waals surface area contributed by atoms with Crippen LogP contribution in [0.15, 0.2) is 41.1 Å². The monoisotopic (exact) mass is 358 g/mol. The van der Waals surface area contributed by atoms with Crippen LogP contribution in [-0.2, 0) is 20.9 Å². The third kappa shape index (κ3) is 4.90. The average molecular weight is 358 g/mol. The van der Waals surface area contributed by atoms with Gasteiger partial charge in [0, 0.05) is 25.4 Å². The predicted octanol–water partition coefficient (Wildman–Crippen LogP) is 3.20. The number of amides is 2. The lowest BCUT2D eigenvalue weighted by molar-refractivity contribution is -0.144.